The molecule has 1 aliphatic carbocycles. The molecule has 6 nitrogen and oxygen atoms in total. The van der Waals surface area contributed by atoms with E-state index in [1.165, 1.54) is 6.42 Å². The Morgan fingerprint density at radius 3 is 2.48 bits per heavy atom. The zero-order valence-corrected chi connectivity index (χ0v) is 14.2. The first-order chi connectivity index (χ1) is 11.1. The molecule has 132 valence electrons. The van der Waals surface area contributed by atoms with E-state index in [0.29, 0.717) is 6.61 Å². The molecule has 1 aliphatic heterocycles. The Balaban J connectivity index is 1.66. The summed E-state index contributed by atoms with van der Waals surface area (Å²) in [5.74, 6) is -0.731. The van der Waals surface area contributed by atoms with Crippen molar-refractivity contribution in [3.05, 3.63) is 0 Å². The Morgan fingerprint density at radius 2 is 1.83 bits per heavy atom. The second-order valence-corrected chi connectivity index (χ2v) is 6.53. The smallest absolute Gasteiger partial charge is 0.335 e. The maximum atomic E-state index is 12.1. The zero-order chi connectivity index (χ0) is 16.7. The largest absolute Gasteiger partial charge is 0.451 e. The highest BCUT2D eigenvalue weighted by Gasteiger charge is 2.26. The second-order valence-electron chi connectivity index (χ2n) is 6.53. The van der Waals surface area contributed by atoms with Crippen LogP contribution >= 0.6 is 0 Å². The number of amides is 1. The SMILES string of the molecule is CC(OC(=O)C(C)OCC1CCCO1)C(=O)NC1CCCCC1. The monoisotopic (exact) mass is 327 g/mol. The molecule has 2 rings (SSSR count). The maximum absolute atomic E-state index is 12.1. The molecule has 0 spiro atoms. The predicted molar refractivity (Wildman–Crippen MR) is 85.0 cm³/mol. The molecule has 0 bridgehead atoms. The van der Waals surface area contributed by atoms with Crippen LogP contribution in [0.2, 0.25) is 0 Å². The lowest BCUT2D eigenvalue weighted by molar-refractivity contribution is -0.166. The molecule has 2 fully saturated rings. The number of hydrogen-bond acceptors (Lipinski definition) is 5. The highest BCUT2D eigenvalue weighted by molar-refractivity contribution is 5.84. The van der Waals surface area contributed by atoms with Gasteiger partial charge in [-0.05, 0) is 39.5 Å². The topological polar surface area (TPSA) is 73.9 Å². The van der Waals surface area contributed by atoms with E-state index in [1.807, 2.05) is 0 Å². The number of rotatable bonds is 7. The van der Waals surface area contributed by atoms with Crippen molar-refractivity contribution in [1.29, 1.82) is 0 Å². The average Bonchev–Trinajstić information content (AvgIpc) is 3.06. The van der Waals surface area contributed by atoms with Gasteiger partial charge in [-0.2, -0.15) is 0 Å². The van der Waals surface area contributed by atoms with E-state index in [-0.39, 0.29) is 18.1 Å². The number of nitrogens with one attached hydrogen (secondary N) is 1. The van der Waals surface area contributed by atoms with E-state index in [2.05, 4.69) is 5.32 Å². The van der Waals surface area contributed by atoms with Crippen LogP contribution in [-0.4, -0.2) is 49.4 Å². The molecule has 23 heavy (non-hydrogen) atoms. The first-order valence-electron chi connectivity index (χ1n) is 8.80. The minimum atomic E-state index is -0.793. The van der Waals surface area contributed by atoms with Crippen molar-refractivity contribution < 1.29 is 23.8 Å². The molecule has 2 aliphatic rings. The molecule has 0 aromatic heterocycles. The van der Waals surface area contributed by atoms with Crippen LogP contribution in [0.5, 0.6) is 0 Å². The molecular formula is C17H29NO5. The second kappa shape index (κ2) is 9.23. The lowest BCUT2D eigenvalue weighted by atomic mass is 9.95. The van der Waals surface area contributed by atoms with Crippen LogP contribution in [0.15, 0.2) is 0 Å². The van der Waals surface area contributed by atoms with Crippen LogP contribution in [0.1, 0.15) is 58.8 Å². The molecule has 3 unspecified atom stereocenters. The van der Waals surface area contributed by atoms with Crippen LogP contribution < -0.4 is 5.32 Å². The summed E-state index contributed by atoms with van der Waals surface area (Å²) in [6.07, 6.45) is 6.12. The van der Waals surface area contributed by atoms with Crippen molar-refractivity contribution >= 4 is 11.9 Å². The van der Waals surface area contributed by atoms with Gasteiger partial charge in [-0.1, -0.05) is 19.3 Å². The van der Waals surface area contributed by atoms with Gasteiger partial charge < -0.3 is 19.5 Å². The summed E-state index contributed by atoms with van der Waals surface area (Å²) in [7, 11) is 0. The highest BCUT2D eigenvalue weighted by atomic mass is 16.6. The molecule has 3 atom stereocenters. The molecule has 0 aromatic carbocycles. The third-order valence-electron chi connectivity index (χ3n) is 4.50. The molecule has 1 heterocycles. The van der Waals surface area contributed by atoms with Crippen LogP contribution in [0.3, 0.4) is 0 Å². The zero-order valence-electron chi connectivity index (χ0n) is 14.2. The fourth-order valence-corrected chi connectivity index (χ4v) is 2.98. The number of carbonyl (C=O) groups excluding carboxylic acids is 2. The minimum absolute atomic E-state index is 0.0669. The minimum Gasteiger partial charge on any atom is -0.451 e. The van der Waals surface area contributed by atoms with Gasteiger partial charge in [-0.3, -0.25) is 4.79 Å². The Labute approximate surface area is 138 Å². The van der Waals surface area contributed by atoms with E-state index in [1.54, 1.807) is 13.8 Å². The average molecular weight is 327 g/mol. The molecule has 1 amide bonds. The van der Waals surface area contributed by atoms with Gasteiger partial charge >= 0.3 is 5.97 Å². The van der Waals surface area contributed by atoms with Gasteiger partial charge in [0.15, 0.2) is 12.2 Å². The lowest BCUT2D eigenvalue weighted by Crippen LogP contribution is -2.43. The molecule has 0 radical (unpaired) electrons. The maximum Gasteiger partial charge on any atom is 0.335 e. The summed E-state index contributed by atoms with van der Waals surface area (Å²) in [6.45, 7) is 4.38. The first-order valence-corrected chi connectivity index (χ1v) is 8.80. The quantitative estimate of drug-likeness (QED) is 0.724. The molecule has 0 aromatic rings. The van der Waals surface area contributed by atoms with Gasteiger partial charge in [-0.25, -0.2) is 4.79 Å². The van der Waals surface area contributed by atoms with E-state index in [4.69, 9.17) is 14.2 Å². The Hall–Kier alpha value is -1.14. The standard InChI is InChI=1S/C17H29NO5/c1-12(16(19)18-14-7-4-3-5-8-14)23-17(20)13(2)22-11-15-9-6-10-21-15/h12-15H,3-11H2,1-2H3,(H,18,19). The molecule has 1 saturated carbocycles. The summed E-state index contributed by atoms with van der Waals surface area (Å²) in [5.41, 5.74) is 0. The van der Waals surface area contributed by atoms with E-state index in [0.717, 1.165) is 45.1 Å². The fourth-order valence-electron chi connectivity index (χ4n) is 2.98. The number of hydrogen-bond donors (Lipinski definition) is 1. The summed E-state index contributed by atoms with van der Waals surface area (Å²) < 4.78 is 16.1. The van der Waals surface area contributed by atoms with Gasteiger partial charge in [0.05, 0.1) is 12.7 Å². The van der Waals surface area contributed by atoms with Crippen molar-refractivity contribution in [3.63, 3.8) is 0 Å². The predicted octanol–water partition coefficient (Wildman–Crippen LogP) is 1.95. The normalized spacial score (nSPS) is 24.9. The van der Waals surface area contributed by atoms with Crippen molar-refractivity contribution in [2.24, 2.45) is 0 Å². The summed E-state index contributed by atoms with van der Waals surface area (Å²) in [6, 6.07) is 0.214. The van der Waals surface area contributed by atoms with Gasteiger partial charge in [0.25, 0.3) is 5.91 Å². The van der Waals surface area contributed by atoms with Crippen molar-refractivity contribution in [2.45, 2.75) is 83.1 Å². The van der Waals surface area contributed by atoms with Gasteiger partial charge in [-0.15, -0.1) is 0 Å². The van der Waals surface area contributed by atoms with Crippen LogP contribution in [0, 0.1) is 0 Å². The third-order valence-corrected chi connectivity index (χ3v) is 4.50. The summed E-state index contributed by atoms with van der Waals surface area (Å²) in [4.78, 5) is 24.1. The van der Waals surface area contributed by atoms with Crippen molar-refractivity contribution in [2.75, 3.05) is 13.2 Å². The highest BCUT2D eigenvalue weighted by Crippen LogP contribution is 2.17. The Kier molecular flexibility index (Phi) is 7.30. The van der Waals surface area contributed by atoms with E-state index >= 15 is 0 Å². The Bertz CT molecular complexity index is 388. The fraction of sp³-hybridized carbons (Fsp3) is 0.882. The molecular weight excluding hydrogens is 298 g/mol. The number of ether oxygens (including phenoxy) is 3. The third kappa shape index (κ3) is 6.11. The van der Waals surface area contributed by atoms with E-state index in [9.17, 15) is 9.59 Å². The lowest BCUT2D eigenvalue weighted by Gasteiger charge is -2.25. The summed E-state index contributed by atoms with van der Waals surface area (Å²) >= 11 is 0. The first kappa shape index (κ1) is 18.2. The Morgan fingerprint density at radius 1 is 1.09 bits per heavy atom. The van der Waals surface area contributed by atoms with Crippen LogP contribution in [0.4, 0.5) is 0 Å². The van der Waals surface area contributed by atoms with E-state index < -0.39 is 18.2 Å². The van der Waals surface area contributed by atoms with Crippen LogP contribution in [0.25, 0.3) is 0 Å². The number of carbonyl (C=O) groups is 2. The van der Waals surface area contributed by atoms with Gasteiger partial charge in [0.1, 0.15) is 0 Å². The summed E-state index contributed by atoms with van der Waals surface area (Å²) in [5, 5.41) is 2.96. The van der Waals surface area contributed by atoms with Crippen molar-refractivity contribution in [1.82, 2.24) is 5.32 Å². The van der Waals surface area contributed by atoms with Gasteiger partial charge in [0.2, 0.25) is 0 Å². The van der Waals surface area contributed by atoms with Crippen molar-refractivity contribution in [3.8, 4) is 0 Å². The van der Waals surface area contributed by atoms with Gasteiger partial charge in [0, 0.05) is 12.6 Å². The number of esters is 1. The van der Waals surface area contributed by atoms with Crippen LogP contribution in [-0.2, 0) is 23.8 Å². The molecule has 1 N–H and O–H groups in total. The molecule has 6 heteroatoms. The molecule has 1 saturated heterocycles.